The van der Waals surface area contributed by atoms with Gasteiger partial charge in [0.25, 0.3) is 11.8 Å². The Morgan fingerprint density at radius 2 is 1.44 bits per heavy atom. The lowest BCUT2D eigenvalue weighted by atomic mass is 10.0. The maximum atomic E-state index is 13.5. The Balaban J connectivity index is 1.72. The highest BCUT2D eigenvalue weighted by atomic mass is 16.5. The zero-order valence-corrected chi connectivity index (χ0v) is 19.8. The molecule has 0 aromatic heterocycles. The lowest BCUT2D eigenvalue weighted by Gasteiger charge is -2.16. The van der Waals surface area contributed by atoms with Crippen molar-refractivity contribution in [3.63, 3.8) is 0 Å². The molecule has 3 aromatic carbocycles. The van der Waals surface area contributed by atoms with Crippen LogP contribution in [-0.2, 0) is 9.59 Å². The number of amides is 2. The quantitative estimate of drug-likeness (QED) is 0.449. The van der Waals surface area contributed by atoms with E-state index >= 15 is 0 Å². The predicted octanol–water partition coefficient (Wildman–Crippen LogP) is 5.58. The van der Waals surface area contributed by atoms with Gasteiger partial charge in [-0.05, 0) is 81.8 Å². The SMILES string of the molecule is CCOc1ccc(C2=C(Nc3ccc(OC(C)C)cc3)C(=O)N(c3ccc(C)cc3)C2=O)cc1. The van der Waals surface area contributed by atoms with Gasteiger partial charge in [-0.2, -0.15) is 0 Å². The van der Waals surface area contributed by atoms with Crippen LogP contribution < -0.4 is 19.7 Å². The number of carbonyl (C=O) groups is 2. The molecule has 6 nitrogen and oxygen atoms in total. The van der Waals surface area contributed by atoms with Gasteiger partial charge in [-0.25, -0.2) is 4.90 Å². The fourth-order valence-corrected chi connectivity index (χ4v) is 3.76. The summed E-state index contributed by atoms with van der Waals surface area (Å²) in [6.07, 6.45) is 0.0601. The highest BCUT2D eigenvalue weighted by molar-refractivity contribution is 6.46. The fraction of sp³-hybridized carbons (Fsp3) is 0.214. The lowest BCUT2D eigenvalue weighted by Crippen LogP contribution is -2.32. The van der Waals surface area contributed by atoms with Crippen LogP contribution in [0.2, 0.25) is 0 Å². The third-order valence-corrected chi connectivity index (χ3v) is 5.33. The van der Waals surface area contributed by atoms with Crippen molar-refractivity contribution in [1.82, 2.24) is 0 Å². The van der Waals surface area contributed by atoms with Crippen LogP contribution >= 0.6 is 0 Å². The van der Waals surface area contributed by atoms with Gasteiger partial charge in [0.15, 0.2) is 0 Å². The smallest absolute Gasteiger partial charge is 0.282 e. The second kappa shape index (κ2) is 9.83. The zero-order valence-electron chi connectivity index (χ0n) is 19.8. The highest BCUT2D eigenvalue weighted by Gasteiger charge is 2.40. The van der Waals surface area contributed by atoms with Crippen molar-refractivity contribution in [2.75, 3.05) is 16.8 Å². The van der Waals surface area contributed by atoms with Gasteiger partial charge in [-0.3, -0.25) is 9.59 Å². The molecule has 0 atom stereocenters. The van der Waals surface area contributed by atoms with Crippen molar-refractivity contribution >= 4 is 28.8 Å². The molecule has 1 heterocycles. The molecule has 0 saturated heterocycles. The topological polar surface area (TPSA) is 67.9 Å². The maximum Gasteiger partial charge on any atom is 0.282 e. The first kappa shape index (κ1) is 23.1. The fourth-order valence-electron chi connectivity index (χ4n) is 3.76. The zero-order chi connectivity index (χ0) is 24.2. The summed E-state index contributed by atoms with van der Waals surface area (Å²) in [5.74, 6) is 0.658. The number of nitrogens with zero attached hydrogens (tertiary/aromatic N) is 1. The van der Waals surface area contributed by atoms with E-state index in [1.807, 2.05) is 64.1 Å². The van der Waals surface area contributed by atoms with Crippen LogP contribution in [-0.4, -0.2) is 24.5 Å². The molecule has 0 radical (unpaired) electrons. The summed E-state index contributed by atoms with van der Waals surface area (Å²) in [6.45, 7) is 8.34. The standard InChI is InChI=1S/C28H28N2O4/c1-5-33-23-14-8-20(9-15-23)25-26(29-21-10-16-24(17-11-21)34-18(2)3)28(32)30(27(25)31)22-12-6-19(4)7-13-22/h6-18,29H,5H2,1-4H3. The monoisotopic (exact) mass is 456 g/mol. The Morgan fingerprint density at radius 3 is 2.03 bits per heavy atom. The first-order chi connectivity index (χ1) is 16.4. The van der Waals surface area contributed by atoms with E-state index in [2.05, 4.69) is 5.32 Å². The van der Waals surface area contributed by atoms with Gasteiger partial charge in [0.05, 0.1) is 24.0 Å². The summed E-state index contributed by atoms with van der Waals surface area (Å²) in [6, 6.07) is 21.8. The largest absolute Gasteiger partial charge is 0.494 e. The van der Waals surface area contributed by atoms with Gasteiger partial charge >= 0.3 is 0 Å². The number of hydrogen-bond acceptors (Lipinski definition) is 5. The molecule has 0 unspecified atom stereocenters. The predicted molar refractivity (Wildman–Crippen MR) is 134 cm³/mol. The summed E-state index contributed by atoms with van der Waals surface area (Å²) < 4.78 is 11.2. The van der Waals surface area contributed by atoms with Crippen LogP contribution in [0, 0.1) is 6.92 Å². The van der Waals surface area contributed by atoms with Gasteiger partial charge in [0, 0.05) is 5.69 Å². The maximum absolute atomic E-state index is 13.5. The van der Waals surface area contributed by atoms with Crippen LogP contribution in [0.25, 0.3) is 5.57 Å². The average Bonchev–Trinajstić information content (AvgIpc) is 3.05. The normalized spacial score (nSPS) is 13.6. The van der Waals surface area contributed by atoms with Crippen molar-refractivity contribution in [1.29, 1.82) is 0 Å². The molecule has 2 amide bonds. The molecule has 0 aliphatic carbocycles. The van der Waals surface area contributed by atoms with Crippen molar-refractivity contribution in [3.05, 3.63) is 89.6 Å². The minimum Gasteiger partial charge on any atom is -0.494 e. The Kier molecular flexibility index (Phi) is 6.68. The summed E-state index contributed by atoms with van der Waals surface area (Å²) >= 11 is 0. The molecule has 34 heavy (non-hydrogen) atoms. The molecule has 1 N–H and O–H groups in total. The second-order valence-corrected chi connectivity index (χ2v) is 8.30. The molecule has 0 bridgehead atoms. The lowest BCUT2D eigenvalue weighted by molar-refractivity contribution is -0.120. The molecular weight excluding hydrogens is 428 g/mol. The summed E-state index contributed by atoms with van der Waals surface area (Å²) in [4.78, 5) is 28.3. The molecule has 1 aliphatic heterocycles. The second-order valence-electron chi connectivity index (χ2n) is 8.30. The Bertz CT molecular complexity index is 1210. The van der Waals surface area contributed by atoms with E-state index in [1.165, 1.54) is 4.90 Å². The van der Waals surface area contributed by atoms with Crippen LogP contribution in [0.1, 0.15) is 31.9 Å². The number of nitrogens with one attached hydrogen (secondary N) is 1. The molecule has 174 valence electrons. The third kappa shape index (κ3) is 4.81. The van der Waals surface area contributed by atoms with Crippen LogP contribution in [0.5, 0.6) is 11.5 Å². The van der Waals surface area contributed by atoms with Crippen LogP contribution in [0.15, 0.2) is 78.5 Å². The van der Waals surface area contributed by atoms with E-state index in [1.54, 1.807) is 36.4 Å². The van der Waals surface area contributed by atoms with Crippen molar-refractivity contribution in [2.24, 2.45) is 0 Å². The summed E-state index contributed by atoms with van der Waals surface area (Å²) in [5.41, 5.74) is 3.44. The van der Waals surface area contributed by atoms with E-state index in [9.17, 15) is 9.59 Å². The summed E-state index contributed by atoms with van der Waals surface area (Å²) in [5, 5.41) is 3.18. The molecule has 4 rings (SSSR count). The third-order valence-electron chi connectivity index (χ3n) is 5.33. The average molecular weight is 457 g/mol. The van der Waals surface area contributed by atoms with E-state index < -0.39 is 5.91 Å². The number of benzene rings is 3. The first-order valence-electron chi connectivity index (χ1n) is 11.3. The molecule has 1 aliphatic rings. The van der Waals surface area contributed by atoms with E-state index in [0.29, 0.717) is 34.9 Å². The van der Waals surface area contributed by atoms with E-state index in [0.717, 1.165) is 11.3 Å². The van der Waals surface area contributed by atoms with Crippen molar-refractivity contribution < 1.29 is 19.1 Å². The van der Waals surface area contributed by atoms with Gasteiger partial charge in [0.1, 0.15) is 17.2 Å². The molecular formula is C28H28N2O4. The van der Waals surface area contributed by atoms with E-state index in [-0.39, 0.29) is 17.7 Å². The van der Waals surface area contributed by atoms with Crippen LogP contribution in [0.3, 0.4) is 0 Å². The number of carbonyl (C=O) groups excluding carboxylic acids is 2. The molecule has 0 saturated carbocycles. The number of anilines is 2. The molecule has 0 fully saturated rings. The van der Waals surface area contributed by atoms with Crippen molar-refractivity contribution in [2.45, 2.75) is 33.8 Å². The number of hydrogen-bond donors (Lipinski definition) is 1. The summed E-state index contributed by atoms with van der Waals surface area (Å²) in [7, 11) is 0. The van der Waals surface area contributed by atoms with Gasteiger partial charge in [0.2, 0.25) is 0 Å². The molecule has 3 aromatic rings. The molecule has 0 spiro atoms. The number of ether oxygens (including phenoxy) is 2. The number of aryl methyl sites for hydroxylation is 1. The molecule has 6 heteroatoms. The van der Waals surface area contributed by atoms with Crippen molar-refractivity contribution in [3.8, 4) is 11.5 Å². The minimum absolute atomic E-state index is 0.0601. The minimum atomic E-state index is -0.403. The van der Waals surface area contributed by atoms with Gasteiger partial charge in [-0.1, -0.05) is 29.8 Å². The Morgan fingerprint density at radius 1 is 0.824 bits per heavy atom. The first-order valence-corrected chi connectivity index (χ1v) is 11.3. The van der Waals surface area contributed by atoms with Gasteiger partial charge < -0.3 is 14.8 Å². The van der Waals surface area contributed by atoms with E-state index in [4.69, 9.17) is 9.47 Å². The number of imide groups is 1. The van der Waals surface area contributed by atoms with Gasteiger partial charge in [-0.15, -0.1) is 0 Å². The number of rotatable bonds is 8. The Hall–Kier alpha value is -4.06. The van der Waals surface area contributed by atoms with Crippen LogP contribution in [0.4, 0.5) is 11.4 Å². The highest BCUT2D eigenvalue weighted by Crippen LogP contribution is 2.34. The Labute approximate surface area is 199 Å².